The number of nitrogens with zero attached hydrogens (tertiary/aromatic N) is 1. The van der Waals surface area contributed by atoms with Crippen molar-refractivity contribution >= 4 is 27.5 Å². The molecule has 0 radical (unpaired) electrons. The van der Waals surface area contributed by atoms with E-state index in [4.69, 9.17) is 4.74 Å². The average Bonchev–Trinajstić information content (AvgIpc) is 3.20. The number of carbonyl (C=O) groups is 1. The SMILES string of the molecule is C[C@H](Cc1ccc2c(c1)CCO2)NC(=O)c1nc2ccccc2s1. The van der Waals surface area contributed by atoms with Gasteiger partial charge in [-0.2, -0.15) is 0 Å². The zero-order valence-electron chi connectivity index (χ0n) is 13.4. The first kappa shape index (κ1) is 15.1. The quantitative estimate of drug-likeness (QED) is 0.791. The highest BCUT2D eigenvalue weighted by atomic mass is 32.1. The zero-order chi connectivity index (χ0) is 16.5. The molecule has 2 heterocycles. The number of aromatic nitrogens is 1. The fourth-order valence-electron chi connectivity index (χ4n) is 3.03. The number of hydrogen-bond donors (Lipinski definition) is 1. The van der Waals surface area contributed by atoms with E-state index in [1.807, 2.05) is 37.3 Å². The maximum atomic E-state index is 12.4. The van der Waals surface area contributed by atoms with Crippen molar-refractivity contribution in [1.29, 1.82) is 0 Å². The van der Waals surface area contributed by atoms with Crippen molar-refractivity contribution < 1.29 is 9.53 Å². The molecule has 4 nitrogen and oxygen atoms in total. The normalized spacial score (nSPS) is 14.2. The molecule has 4 rings (SSSR count). The van der Waals surface area contributed by atoms with Crippen LogP contribution in [0.3, 0.4) is 0 Å². The Labute approximate surface area is 144 Å². The van der Waals surface area contributed by atoms with Gasteiger partial charge < -0.3 is 10.1 Å². The van der Waals surface area contributed by atoms with Crippen molar-refractivity contribution in [2.45, 2.75) is 25.8 Å². The van der Waals surface area contributed by atoms with Gasteiger partial charge in [0.25, 0.3) is 5.91 Å². The van der Waals surface area contributed by atoms with Crippen molar-refractivity contribution in [3.63, 3.8) is 0 Å². The van der Waals surface area contributed by atoms with Gasteiger partial charge >= 0.3 is 0 Å². The third kappa shape index (κ3) is 2.99. The van der Waals surface area contributed by atoms with Crippen LogP contribution in [0, 0.1) is 0 Å². The Morgan fingerprint density at radius 2 is 2.21 bits per heavy atom. The Kier molecular flexibility index (Phi) is 3.94. The van der Waals surface area contributed by atoms with Gasteiger partial charge in [-0.15, -0.1) is 11.3 Å². The minimum absolute atomic E-state index is 0.0462. The van der Waals surface area contributed by atoms with Crippen LogP contribution in [0.4, 0.5) is 0 Å². The minimum atomic E-state index is -0.104. The molecule has 0 aliphatic carbocycles. The fraction of sp³-hybridized carbons (Fsp3) is 0.263. The van der Waals surface area contributed by atoms with E-state index in [9.17, 15) is 4.79 Å². The van der Waals surface area contributed by atoms with Gasteiger partial charge in [-0.05, 0) is 42.7 Å². The van der Waals surface area contributed by atoms with Crippen molar-refractivity contribution in [2.24, 2.45) is 0 Å². The van der Waals surface area contributed by atoms with E-state index in [-0.39, 0.29) is 11.9 Å². The average molecular weight is 338 g/mol. The van der Waals surface area contributed by atoms with Crippen LogP contribution in [0.2, 0.25) is 0 Å². The predicted molar refractivity (Wildman–Crippen MR) is 95.9 cm³/mol. The van der Waals surface area contributed by atoms with E-state index < -0.39 is 0 Å². The molecule has 0 fully saturated rings. The number of carbonyl (C=O) groups excluding carboxylic acids is 1. The Bertz CT molecular complexity index is 870. The summed E-state index contributed by atoms with van der Waals surface area (Å²) >= 11 is 1.43. The van der Waals surface area contributed by atoms with Gasteiger partial charge in [0, 0.05) is 12.5 Å². The van der Waals surface area contributed by atoms with Gasteiger partial charge in [-0.25, -0.2) is 4.98 Å². The van der Waals surface area contributed by atoms with Crippen molar-refractivity contribution in [3.8, 4) is 5.75 Å². The van der Waals surface area contributed by atoms with Crippen LogP contribution in [0.25, 0.3) is 10.2 Å². The molecule has 5 heteroatoms. The van der Waals surface area contributed by atoms with Crippen molar-refractivity contribution in [2.75, 3.05) is 6.61 Å². The summed E-state index contributed by atoms with van der Waals surface area (Å²) in [4.78, 5) is 16.8. The summed E-state index contributed by atoms with van der Waals surface area (Å²) < 4.78 is 6.57. The molecule has 1 aliphatic rings. The summed E-state index contributed by atoms with van der Waals surface area (Å²) in [5, 5.41) is 3.57. The second kappa shape index (κ2) is 6.24. The Hall–Kier alpha value is -2.40. The molecule has 0 saturated heterocycles. The molecule has 1 amide bonds. The molecule has 0 spiro atoms. The van der Waals surface area contributed by atoms with Crippen LogP contribution in [0.5, 0.6) is 5.75 Å². The third-order valence-corrected chi connectivity index (χ3v) is 5.20. The highest BCUT2D eigenvalue weighted by Crippen LogP contribution is 2.26. The Morgan fingerprint density at radius 3 is 3.08 bits per heavy atom. The van der Waals surface area contributed by atoms with Crippen molar-refractivity contribution in [3.05, 3.63) is 58.6 Å². The lowest BCUT2D eigenvalue weighted by atomic mass is 10.0. The lowest BCUT2D eigenvalue weighted by Crippen LogP contribution is -2.34. The third-order valence-electron chi connectivity index (χ3n) is 4.16. The maximum absolute atomic E-state index is 12.4. The predicted octanol–water partition coefficient (Wildman–Crippen LogP) is 3.59. The molecule has 1 N–H and O–H groups in total. The first-order valence-corrected chi connectivity index (χ1v) is 8.92. The number of thiazole rings is 1. The van der Waals surface area contributed by atoms with E-state index in [0.717, 1.165) is 35.4 Å². The van der Waals surface area contributed by atoms with Crippen LogP contribution >= 0.6 is 11.3 Å². The van der Waals surface area contributed by atoms with Crippen LogP contribution < -0.4 is 10.1 Å². The summed E-state index contributed by atoms with van der Waals surface area (Å²) in [7, 11) is 0. The van der Waals surface area contributed by atoms with Gasteiger partial charge in [0.05, 0.1) is 16.8 Å². The molecule has 3 aromatic rings. The highest BCUT2D eigenvalue weighted by molar-refractivity contribution is 7.20. The fourth-order valence-corrected chi connectivity index (χ4v) is 3.90. The van der Waals surface area contributed by atoms with E-state index in [0.29, 0.717) is 5.01 Å². The monoisotopic (exact) mass is 338 g/mol. The Morgan fingerprint density at radius 1 is 1.33 bits per heavy atom. The van der Waals surface area contributed by atoms with Crippen LogP contribution in [0.1, 0.15) is 27.9 Å². The standard InChI is InChI=1S/C19H18N2O2S/c1-12(10-13-6-7-16-14(11-13)8-9-23-16)20-18(22)19-21-15-4-2-3-5-17(15)24-19/h2-7,11-12H,8-10H2,1H3,(H,20,22)/t12-/m1/s1. The van der Waals surface area contributed by atoms with Gasteiger partial charge in [-0.3, -0.25) is 4.79 Å². The molecule has 24 heavy (non-hydrogen) atoms. The summed E-state index contributed by atoms with van der Waals surface area (Å²) in [5.74, 6) is 0.887. The largest absolute Gasteiger partial charge is 0.493 e. The lowest BCUT2D eigenvalue weighted by Gasteiger charge is -2.13. The van der Waals surface area contributed by atoms with Gasteiger partial charge in [0.15, 0.2) is 5.01 Å². The van der Waals surface area contributed by atoms with Gasteiger partial charge in [-0.1, -0.05) is 24.3 Å². The smallest absolute Gasteiger partial charge is 0.280 e. The van der Waals surface area contributed by atoms with Crippen LogP contribution in [0.15, 0.2) is 42.5 Å². The molecule has 1 aliphatic heterocycles. The number of benzene rings is 2. The molecular formula is C19H18N2O2S. The minimum Gasteiger partial charge on any atom is -0.493 e. The zero-order valence-corrected chi connectivity index (χ0v) is 14.2. The van der Waals surface area contributed by atoms with Gasteiger partial charge in [0.2, 0.25) is 0 Å². The number of rotatable bonds is 4. The van der Waals surface area contributed by atoms with E-state index in [2.05, 4.69) is 22.4 Å². The number of ether oxygens (including phenoxy) is 1. The van der Waals surface area contributed by atoms with E-state index in [1.165, 1.54) is 22.5 Å². The maximum Gasteiger partial charge on any atom is 0.280 e. The molecular weight excluding hydrogens is 320 g/mol. The summed E-state index contributed by atoms with van der Waals surface area (Å²) in [6, 6.07) is 14.1. The topological polar surface area (TPSA) is 51.2 Å². The van der Waals surface area contributed by atoms with Gasteiger partial charge in [0.1, 0.15) is 5.75 Å². The summed E-state index contributed by atoms with van der Waals surface area (Å²) in [5.41, 5.74) is 3.35. The molecule has 1 aromatic heterocycles. The first-order valence-electron chi connectivity index (χ1n) is 8.10. The molecule has 122 valence electrons. The first-order chi connectivity index (χ1) is 11.7. The number of nitrogens with one attached hydrogen (secondary N) is 1. The number of hydrogen-bond acceptors (Lipinski definition) is 4. The lowest BCUT2D eigenvalue weighted by molar-refractivity contribution is 0.0940. The second-order valence-corrected chi connectivity index (χ2v) is 7.14. The molecule has 0 saturated carbocycles. The summed E-state index contributed by atoms with van der Waals surface area (Å²) in [6.07, 6.45) is 1.76. The molecule has 1 atom stereocenters. The molecule has 0 unspecified atom stereocenters. The van der Waals surface area contributed by atoms with E-state index in [1.54, 1.807) is 0 Å². The van der Waals surface area contributed by atoms with E-state index >= 15 is 0 Å². The van der Waals surface area contributed by atoms with Crippen LogP contribution in [-0.2, 0) is 12.8 Å². The highest BCUT2D eigenvalue weighted by Gasteiger charge is 2.16. The second-order valence-electron chi connectivity index (χ2n) is 6.11. The van der Waals surface area contributed by atoms with Crippen LogP contribution in [-0.4, -0.2) is 23.5 Å². The number of fused-ring (bicyclic) bond motifs is 2. The Balaban J connectivity index is 1.43. The molecule has 2 aromatic carbocycles. The van der Waals surface area contributed by atoms with Crippen molar-refractivity contribution in [1.82, 2.24) is 10.3 Å². The molecule has 0 bridgehead atoms. The summed E-state index contributed by atoms with van der Waals surface area (Å²) in [6.45, 7) is 2.79. The number of amides is 1. The number of para-hydroxylation sites is 1.